The minimum absolute atomic E-state index is 0.537. The van der Waals surface area contributed by atoms with Crippen molar-refractivity contribution in [1.82, 2.24) is 0 Å². The van der Waals surface area contributed by atoms with Crippen molar-refractivity contribution in [2.75, 3.05) is 13.7 Å². The minimum atomic E-state index is 0.537. The highest BCUT2D eigenvalue weighted by Crippen LogP contribution is 2.35. The van der Waals surface area contributed by atoms with Gasteiger partial charge >= 0.3 is 0 Å². The third kappa shape index (κ3) is 1.09. The summed E-state index contributed by atoms with van der Waals surface area (Å²) in [5.41, 5.74) is 1.40. The average molecular weight is 140 g/mol. The second kappa shape index (κ2) is 2.36. The van der Waals surface area contributed by atoms with Gasteiger partial charge in [0, 0.05) is 7.11 Å². The van der Waals surface area contributed by atoms with Gasteiger partial charge in [-0.15, -0.1) is 0 Å². The monoisotopic (exact) mass is 140 g/mol. The molecule has 1 fully saturated rings. The molecule has 0 aromatic rings. The molecule has 56 valence electrons. The van der Waals surface area contributed by atoms with Gasteiger partial charge in [0.05, 0.1) is 18.8 Å². The highest BCUT2D eigenvalue weighted by molar-refractivity contribution is 5.14. The SMILES string of the molecule is COCC1=CCC2OC2C1. The van der Waals surface area contributed by atoms with Crippen molar-refractivity contribution in [1.29, 1.82) is 0 Å². The van der Waals surface area contributed by atoms with Crippen LogP contribution >= 0.6 is 0 Å². The van der Waals surface area contributed by atoms with Crippen LogP contribution in [0, 0.1) is 0 Å². The Bertz CT molecular complexity index is 163. The van der Waals surface area contributed by atoms with E-state index in [-0.39, 0.29) is 0 Å². The topological polar surface area (TPSA) is 21.8 Å². The Balaban J connectivity index is 1.90. The van der Waals surface area contributed by atoms with E-state index in [0.717, 1.165) is 19.4 Å². The molecule has 0 radical (unpaired) electrons. The smallest absolute Gasteiger partial charge is 0.0882 e. The fourth-order valence-corrected chi connectivity index (χ4v) is 1.49. The lowest BCUT2D eigenvalue weighted by Crippen LogP contribution is -2.05. The van der Waals surface area contributed by atoms with Crippen LogP contribution in [0.3, 0.4) is 0 Å². The van der Waals surface area contributed by atoms with Crippen molar-refractivity contribution in [2.45, 2.75) is 25.0 Å². The van der Waals surface area contributed by atoms with Gasteiger partial charge in [0.15, 0.2) is 0 Å². The van der Waals surface area contributed by atoms with E-state index in [2.05, 4.69) is 6.08 Å². The van der Waals surface area contributed by atoms with Gasteiger partial charge < -0.3 is 9.47 Å². The van der Waals surface area contributed by atoms with Crippen LogP contribution in [0.5, 0.6) is 0 Å². The number of epoxide rings is 1. The van der Waals surface area contributed by atoms with Crippen molar-refractivity contribution in [2.24, 2.45) is 0 Å². The second-order valence-corrected chi connectivity index (χ2v) is 2.95. The van der Waals surface area contributed by atoms with Crippen LogP contribution in [0.1, 0.15) is 12.8 Å². The van der Waals surface area contributed by atoms with Crippen LogP contribution in [0.15, 0.2) is 11.6 Å². The summed E-state index contributed by atoms with van der Waals surface area (Å²) in [5, 5.41) is 0. The predicted molar refractivity (Wildman–Crippen MR) is 37.9 cm³/mol. The van der Waals surface area contributed by atoms with Crippen LogP contribution < -0.4 is 0 Å². The van der Waals surface area contributed by atoms with Gasteiger partial charge in [-0.2, -0.15) is 0 Å². The Morgan fingerprint density at radius 1 is 1.70 bits per heavy atom. The van der Waals surface area contributed by atoms with Gasteiger partial charge in [-0.1, -0.05) is 6.08 Å². The Labute approximate surface area is 60.8 Å². The van der Waals surface area contributed by atoms with E-state index in [1.165, 1.54) is 5.57 Å². The molecular weight excluding hydrogens is 128 g/mol. The molecule has 1 aliphatic heterocycles. The third-order valence-corrected chi connectivity index (χ3v) is 2.12. The fraction of sp³-hybridized carbons (Fsp3) is 0.750. The minimum Gasteiger partial charge on any atom is -0.380 e. The van der Waals surface area contributed by atoms with Crippen LogP contribution in [0.2, 0.25) is 0 Å². The first-order chi connectivity index (χ1) is 4.90. The molecule has 1 aliphatic carbocycles. The third-order valence-electron chi connectivity index (χ3n) is 2.12. The molecule has 2 aliphatic rings. The average Bonchev–Trinajstić information content (AvgIpc) is 2.66. The van der Waals surface area contributed by atoms with E-state index < -0.39 is 0 Å². The van der Waals surface area contributed by atoms with Gasteiger partial charge in [-0.25, -0.2) is 0 Å². The Hall–Kier alpha value is -0.340. The molecular formula is C8H12O2. The standard InChI is InChI=1S/C8H12O2/c1-9-5-6-2-3-7-8(4-6)10-7/h2,7-8H,3-5H2,1H3. The van der Waals surface area contributed by atoms with E-state index in [1.54, 1.807) is 7.11 Å². The second-order valence-electron chi connectivity index (χ2n) is 2.95. The number of hydrogen-bond acceptors (Lipinski definition) is 2. The van der Waals surface area contributed by atoms with Gasteiger partial charge in [-0.3, -0.25) is 0 Å². The van der Waals surface area contributed by atoms with Crippen LogP contribution in [-0.2, 0) is 9.47 Å². The van der Waals surface area contributed by atoms with Crippen molar-refractivity contribution in [3.8, 4) is 0 Å². The Kier molecular flexibility index (Phi) is 1.51. The van der Waals surface area contributed by atoms with Gasteiger partial charge in [0.25, 0.3) is 0 Å². The quantitative estimate of drug-likeness (QED) is 0.423. The number of rotatable bonds is 2. The largest absolute Gasteiger partial charge is 0.380 e. The Morgan fingerprint density at radius 2 is 2.60 bits per heavy atom. The highest BCUT2D eigenvalue weighted by Gasteiger charge is 2.40. The van der Waals surface area contributed by atoms with E-state index in [4.69, 9.17) is 9.47 Å². The van der Waals surface area contributed by atoms with E-state index in [1.807, 2.05) is 0 Å². The number of ether oxygens (including phenoxy) is 2. The predicted octanol–water partition coefficient (Wildman–Crippen LogP) is 1.12. The summed E-state index contributed by atoms with van der Waals surface area (Å²) < 4.78 is 10.4. The first-order valence-electron chi connectivity index (χ1n) is 3.72. The molecule has 1 saturated heterocycles. The van der Waals surface area contributed by atoms with Crippen molar-refractivity contribution < 1.29 is 9.47 Å². The molecule has 2 atom stereocenters. The molecule has 0 N–H and O–H groups in total. The van der Waals surface area contributed by atoms with Gasteiger partial charge in [0.1, 0.15) is 0 Å². The first-order valence-corrected chi connectivity index (χ1v) is 3.72. The molecule has 1 heterocycles. The molecule has 2 heteroatoms. The van der Waals surface area contributed by atoms with Crippen molar-refractivity contribution in [3.05, 3.63) is 11.6 Å². The summed E-state index contributed by atoms with van der Waals surface area (Å²) >= 11 is 0. The Morgan fingerprint density at radius 3 is 3.30 bits per heavy atom. The summed E-state index contributed by atoms with van der Waals surface area (Å²) in [7, 11) is 1.74. The zero-order chi connectivity index (χ0) is 6.97. The molecule has 0 amide bonds. The van der Waals surface area contributed by atoms with E-state index in [9.17, 15) is 0 Å². The summed E-state index contributed by atoms with van der Waals surface area (Å²) in [5.74, 6) is 0. The summed E-state index contributed by atoms with van der Waals surface area (Å²) in [6, 6.07) is 0. The zero-order valence-corrected chi connectivity index (χ0v) is 6.17. The first kappa shape index (κ1) is 6.38. The van der Waals surface area contributed by atoms with Gasteiger partial charge in [-0.05, 0) is 18.4 Å². The van der Waals surface area contributed by atoms with Crippen molar-refractivity contribution >= 4 is 0 Å². The van der Waals surface area contributed by atoms with Crippen molar-refractivity contribution in [3.63, 3.8) is 0 Å². The summed E-state index contributed by atoms with van der Waals surface area (Å²) in [4.78, 5) is 0. The molecule has 10 heavy (non-hydrogen) atoms. The van der Waals surface area contributed by atoms with Crippen LogP contribution in [0.25, 0.3) is 0 Å². The normalized spacial score (nSPS) is 36.7. The van der Waals surface area contributed by atoms with Crippen LogP contribution in [-0.4, -0.2) is 25.9 Å². The van der Waals surface area contributed by atoms with Crippen LogP contribution in [0.4, 0.5) is 0 Å². The van der Waals surface area contributed by atoms with Gasteiger partial charge in [0.2, 0.25) is 0 Å². The maximum absolute atomic E-state index is 5.35. The van der Waals surface area contributed by atoms with E-state index in [0.29, 0.717) is 12.2 Å². The number of hydrogen-bond donors (Lipinski definition) is 0. The van der Waals surface area contributed by atoms with E-state index >= 15 is 0 Å². The zero-order valence-electron chi connectivity index (χ0n) is 6.17. The lowest BCUT2D eigenvalue weighted by atomic mass is 10.0. The summed E-state index contributed by atoms with van der Waals surface area (Å²) in [6.07, 6.45) is 5.54. The molecule has 0 aromatic heterocycles. The molecule has 0 saturated carbocycles. The summed E-state index contributed by atoms with van der Waals surface area (Å²) in [6.45, 7) is 0.784. The molecule has 2 rings (SSSR count). The molecule has 0 spiro atoms. The molecule has 0 bridgehead atoms. The number of fused-ring (bicyclic) bond motifs is 1. The maximum atomic E-state index is 5.35. The maximum Gasteiger partial charge on any atom is 0.0882 e. The lowest BCUT2D eigenvalue weighted by molar-refractivity contribution is 0.221. The number of methoxy groups -OCH3 is 1. The molecule has 2 unspecified atom stereocenters. The highest BCUT2D eigenvalue weighted by atomic mass is 16.6. The lowest BCUT2D eigenvalue weighted by Gasteiger charge is -2.07. The molecule has 0 aromatic carbocycles. The molecule has 2 nitrogen and oxygen atoms in total. The fourth-order valence-electron chi connectivity index (χ4n) is 1.49.